The summed E-state index contributed by atoms with van der Waals surface area (Å²) in [6, 6.07) is 0. The maximum atomic E-state index is 12.0. The second-order valence-electron chi connectivity index (χ2n) is 7.38. The molecule has 1 heterocycles. The van der Waals surface area contributed by atoms with Crippen LogP contribution < -0.4 is 0 Å². The average Bonchev–Trinajstić information content (AvgIpc) is 2.59. The first-order chi connectivity index (χ1) is 13.2. The summed E-state index contributed by atoms with van der Waals surface area (Å²) in [5, 5.41) is 10.1. The van der Waals surface area contributed by atoms with E-state index in [4.69, 9.17) is 9.47 Å². The molecule has 0 aromatic rings. The lowest BCUT2D eigenvalue weighted by Gasteiger charge is -2.20. The van der Waals surface area contributed by atoms with Gasteiger partial charge in [-0.15, -0.1) is 0 Å². The van der Waals surface area contributed by atoms with Gasteiger partial charge < -0.3 is 14.6 Å². The van der Waals surface area contributed by atoms with E-state index < -0.39 is 30.3 Å². The highest BCUT2D eigenvalue weighted by atomic mass is 16.5. The molecule has 2 unspecified atom stereocenters. The van der Waals surface area contributed by atoms with Gasteiger partial charge in [0.05, 0.1) is 12.5 Å². The zero-order valence-electron chi connectivity index (χ0n) is 16.6. The van der Waals surface area contributed by atoms with Crippen molar-refractivity contribution in [1.29, 1.82) is 0 Å². The van der Waals surface area contributed by atoms with Crippen LogP contribution in [0, 0.1) is 0 Å². The predicted octanol–water partition coefficient (Wildman–Crippen LogP) is 1.83. The number of carbonyl (C=O) groups excluding carboxylic acids is 5. The molecule has 158 valence electrons. The van der Waals surface area contributed by atoms with Crippen LogP contribution in [0.1, 0.15) is 78.1 Å². The third-order valence-corrected chi connectivity index (χ3v) is 4.48. The maximum Gasteiger partial charge on any atom is 0.306 e. The first kappa shape index (κ1) is 23.9. The molecule has 0 spiro atoms. The molecule has 0 aromatic carbocycles. The van der Waals surface area contributed by atoms with Crippen molar-refractivity contribution < 1.29 is 38.6 Å². The molecular weight excluding hydrogens is 368 g/mol. The molecule has 0 aromatic heterocycles. The lowest BCUT2D eigenvalue weighted by atomic mass is 10.0. The minimum atomic E-state index is -0.804. The van der Waals surface area contributed by atoms with Gasteiger partial charge in [0.25, 0.3) is 0 Å². The van der Waals surface area contributed by atoms with Crippen LogP contribution in [0.4, 0.5) is 0 Å². The first-order valence-corrected chi connectivity index (χ1v) is 9.73. The highest BCUT2D eigenvalue weighted by molar-refractivity contribution is 5.83. The zero-order chi connectivity index (χ0) is 21.1. The smallest absolute Gasteiger partial charge is 0.306 e. The van der Waals surface area contributed by atoms with Crippen molar-refractivity contribution in [3.8, 4) is 0 Å². The topological polar surface area (TPSA) is 124 Å². The Morgan fingerprint density at radius 1 is 0.786 bits per heavy atom. The van der Waals surface area contributed by atoms with E-state index in [2.05, 4.69) is 0 Å². The van der Waals surface area contributed by atoms with Gasteiger partial charge in [0.15, 0.2) is 0 Å². The fraction of sp³-hybridized carbons (Fsp3) is 0.750. The Morgan fingerprint density at radius 3 is 1.89 bits per heavy atom. The van der Waals surface area contributed by atoms with Crippen LogP contribution >= 0.6 is 0 Å². The number of carbonyl (C=O) groups is 5. The summed E-state index contributed by atoms with van der Waals surface area (Å²) >= 11 is 0. The van der Waals surface area contributed by atoms with Gasteiger partial charge >= 0.3 is 11.9 Å². The van der Waals surface area contributed by atoms with E-state index in [0.717, 1.165) is 0 Å². The molecule has 28 heavy (non-hydrogen) atoms. The first-order valence-electron chi connectivity index (χ1n) is 9.73. The van der Waals surface area contributed by atoms with Crippen LogP contribution in [0.2, 0.25) is 0 Å². The monoisotopic (exact) mass is 398 g/mol. The van der Waals surface area contributed by atoms with Gasteiger partial charge in [0.1, 0.15) is 29.6 Å². The minimum absolute atomic E-state index is 0.0189. The lowest BCUT2D eigenvalue weighted by molar-refractivity contribution is -0.152. The van der Waals surface area contributed by atoms with E-state index in [1.807, 2.05) is 0 Å². The molecule has 1 saturated heterocycles. The number of cyclic esters (lactones) is 2. The summed E-state index contributed by atoms with van der Waals surface area (Å²) in [5.41, 5.74) is 0. The molecule has 0 saturated carbocycles. The second kappa shape index (κ2) is 12.4. The molecule has 8 nitrogen and oxygen atoms in total. The molecular formula is C20H30O8. The molecule has 1 aliphatic heterocycles. The highest BCUT2D eigenvalue weighted by Gasteiger charge is 2.22. The van der Waals surface area contributed by atoms with Crippen molar-refractivity contribution in [2.75, 3.05) is 0 Å². The summed E-state index contributed by atoms with van der Waals surface area (Å²) in [6.45, 7) is 2.77. The van der Waals surface area contributed by atoms with E-state index in [0.29, 0.717) is 0 Å². The van der Waals surface area contributed by atoms with Crippen LogP contribution in [0.15, 0.2) is 0 Å². The largest absolute Gasteiger partial charge is 0.462 e. The average molecular weight is 398 g/mol. The van der Waals surface area contributed by atoms with Gasteiger partial charge in [0.2, 0.25) is 0 Å². The van der Waals surface area contributed by atoms with Gasteiger partial charge in [-0.3, -0.25) is 24.0 Å². The summed E-state index contributed by atoms with van der Waals surface area (Å²) < 4.78 is 10.6. The fourth-order valence-corrected chi connectivity index (χ4v) is 3.03. The van der Waals surface area contributed by atoms with Crippen LogP contribution in [0.3, 0.4) is 0 Å². The van der Waals surface area contributed by atoms with Crippen LogP contribution in [0.5, 0.6) is 0 Å². The molecule has 1 rings (SSSR count). The summed E-state index contributed by atoms with van der Waals surface area (Å²) in [6.07, 6.45) is -1.25. The summed E-state index contributed by atoms with van der Waals surface area (Å²) in [4.78, 5) is 58.7. The lowest BCUT2D eigenvalue weighted by Crippen LogP contribution is -2.25. The van der Waals surface area contributed by atoms with Gasteiger partial charge in [-0.25, -0.2) is 0 Å². The number of aliphatic hydroxyl groups excluding tert-OH is 1. The number of ketones is 3. The predicted molar refractivity (Wildman–Crippen MR) is 98.3 cm³/mol. The third-order valence-electron chi connectivity index (χ3n) is 4.48. The van der Waals surface area contributed by atoms with Crippen molar-refractivity contribution >= 4 is 29.3 Å². The molecule has 0 aliphatic carbocycles. The molecule has 0 amide bonds. The van der Waals surface area contributed by atoms with Gasteiger partial charge in [0, 0.05) is 32.1 Å². The molecule has 0 bridgehead atoms. The highest BCUT2D eigenvalue weighted by Crippen LogP contribution is 2.17. The molecule has 1 aliphatic rings. The minimum Gasteiger partial charge on any atom is -0.462 e. The molecule has 3 atom stereocenters. The Morgan fingerprint density at radius 2 is 1.32 bits per heavy atom. The van der Waals surface area contributed by atoms with Gasteiger partial charge in [-0.05, 0) is 39.5 Å². The third kappa shape index (κ3) is 10.9. The summed E-state index contributed by atoms with van der Waals surface area (Å²) in [5.74, 6) is -1.57. The standard InChI is InChI=1S/C20H30O8/c1-13(21)11-17-7-3-15(23)6-10-20(26)28-18(12-14(2)22)8-4-16(24)5-9-19(25)27-17/h15,17-18,23H,3-12H2,1-2H3/t15?,17?,18-/m0/s1. The zero-order valence-corrected chi connectivity index (χ0v) is 16.6. The van der Waals surface area contributed by atoms with E-state index in [1.54, 1.807) is 0 Å². The Bertz CT molecular complexity index is 583. The Hall–Kier alpha value is -2.09. The maximum absolute atomic E-state index is 12.0. The number of ether oxygens (including phenoxy) is 2. The Kier molecular flexibility index (Phi) is 10.6. The normalized spacial score (nSPS) is 26.2. The SMILES string of the molecule is CC(=O)CC1CCC(O)CCC(=O)O[C@H](CC(C)=O)CCC(=O)CCC(=O)O1. The quantitative estimate of drug-likeness (QED) is 0.711. The van der Waals surface area contributed by atoms with Crippen molar-refractivity contribution in [3.05, 3.63) is 0 Å². The van der Waals surface area contributed by atoms with Gasteiger partial charge in [-0.2, -0.15) is 0 Å². The number of rotatable bonds is 4. The Balaban J connectivity index is 2.78. The van der Waals surface area contributed by atoms with Crippen molar-refractivity contribution in [3.63, 3.8) is 0 Å². The van der Waals surface area contributed by atoms with Gasteiger partial charge in [-0.1, -0.05) is 0 Å². The molecule has 0 radical (unpaired) electrons. The van der Waals surface area contributed by atoms with Crippen molar-refractivity contribution in [1.82, 2.24) is 0 Å². The molecule has 1 fully saturated rings. The number of esters is 2. The van der Waals surface area contributed by atoms with Crippen LogP contribution in [-0.4, -0.2) is 52.7 Å². The van der Waals surface area contributed by atoms with E-state index in [-0.39, 0.29) is 81.6 Å². The van der Waals surface area contributed by atoms with E-state index in [1.165, 1.54) is 13.8 Å². The number of aliphatic hydroxyl groups is 1. The summed E-state index contributed by atoms with van der Waals surface area (Å²) in [7, 11) is 0. The van der Waals surface area contributed by atoms with Crippen LogP contribution in [0.25, 0.3) is 0 Å². The van der Waals surface area contributed by atoms with E-state index >= 15 is 0 Å². The Labute approximate surface area is 164 Å². The molecule has 1 N–H and O–H groups in total. The van der Waals surface area contributed by atoms with E-state index in [9.17, 15) is 29.1 Å². The second-order valence-corrected chi connectivity index (χ2v) is 7.38. The number of hydrogen-bond donors (Lipinski definition) is 1. The van der Waals surface area contributed by atoms with Crippen LogP contribution in [-0.2, 0) is 33.4 Å². The fourth-order valence-electron chi connectivity index (χ4n) is 3.03. The van der Waals surface area contributed by atoms with Crippen molar-refractivity contribution in [2.45, 2.75) is 96.4 Å². The number of hydrogen-bond acceptors (Lipinski definition) is 8. The molecule has 8 heteroatoms. The van der Waals surface area contributed by atoms with Crippen molar-refractivity contribution in [2.24, 2.45) is 0 Å². The number of Topliss-reactive ketones (excluding diaryl/α,β-unsaturated/α-hetero) is 3.